The molecule has 6 heteroatoms. The number of azo groups is 1. The smallest absolute Gasteiger partial charge is 0.112 e. The lowest BCUT2D eigenvalue weighted by molar-refractivity contribution is 0.281. The van der Waals surface area contributed by atoms with Crippen LogP contribution in [0, 0.1) is 6.92 Å². The molecule has 0 heterocycles. The van der Waals surface area contributed by atoms with Crippen LogP contribution in [0.1, 0.15) is 5.56 Å². The van der Waals surface area contributed by atoms with Crippen LogP contribution in [-0.2, 0) is 0 Å². The Balaban J connectivity index is 2.34. The second-order valence-electron chi connectivity index (χ2n) is 5.17. The molecule has 0 aliphatic heterocycles. The number of nitrogen functional groups attached to an aromatic ring is 1. The number of nitrogens with two attached hydrogens (primary N) is 1. The van der Waals surface area contributed by atoms with Crippen molar-refractivity contribution in [3.05, 3.63) is 48.0 Å². The quantitative estimate of drug-likeness (QED) is 0.541. The normalized spacial score (nSPS) is 11.1. The Labute approximate surface area is 135 Å². The number of rotatable bonds is 7. The molecule has 4 N–H and O–H groups in total. The van der Waals surface area contributed by atoms with Gasteiger partial charge in [0.15, 0.2) is 0 Å². The highest BCUT2D eigenvalue weighted by molar-refractivity contribution is 5.70. The largest absolute Gasteiger partial charge is 0.399 e. The third-order valence-corrected chi connectivity index (χ3v) is 3.46. The van der Waals surface area contributed by atoms with Crippen molar-refractivity contribution >= 4 is 22.7 Å². The van der Waals surface area contributed by atoms with Crippen LogP contribution in [-0.4, -0.2) is 36.5 Å². The number of hydrogen-bond donors (Lipinski definition) is 3. The zero-order valence-electron chi connectivity index (χ0n) is 13.2. The van der Waals surface area contributed by atoms with Crippen LogP contribution < -0.4 is 10.6 Å². The summed E-state index contributed by atoms with van der Waals surface area (Å²) in [4.78, 5) is 1.89. The summed E-state index contributed by atoms with van der Waals surface area (Å²) in [7, 11) is 0. The van der Waals surface area contributed by atoms with E-state index in [0.29, 0.717) is 24.5 Å². The highest BCUT2D eigenvalue weighted by Crippen LogP contribution is 2.33. The fraction of sp³-hybridized carbons (Fsp3) is 0.294. The first-order valence-corrected chi connectivity index (χ1v) is 7.49. The molecular formula is C17H22N4O2. The van der Waals surface area contributed by atoms with E-state index in [2.05, 4.69) is 10.2 Å². The van der Waals surface area contributed by atoms with Gasteiger partial charge in [0.25, 0.3) is 0 Å². The Morgan fingerprint density at radius 3 is 2.22 bits per heavy atom. The molecule has 0 aliphatic carbocycles. The van der Waals surface area contributed by atoms with Crippen molar-refractivity contribution in [3.8, 4) is 0 Å². The Hall–Kier alpha value is -2.44. The second-order valence-corrected chi connectivity index (χ2v) is 5.17. The number of nitrogens with zero attached hydrogens (tertiary/aromatic N) is 3. The number of aryl methyl sites for hydroxylation is 1. The molecule has 0 fully saturated rings. The van der Waals surface area contributed by atoms with Crippen LogP contribution in [0.2, 0.25) is 0 Å². The van der Waals surface area contributed by atoms with Gasteiger partial charge < -0.3 is 20.8 Å². The van der Waals surface area contributed by atoms with E-state index in [-0.39, 0.29) is 13.2 Å². The molecule has 0 atom stereocenters. The molecule has 0 aromatic heterocycles. The van der Waals surface area contributed by atoms with E-state index in [1.165, 1.54) is 0 Å². The highest BCUT2D eigenvalue weighted by Gasteiger charge is 2.12. The monoisotopic (exact) mass is 314 g/mol. The van der Waals surface area contributed by atoms with Gasteiger partial charge in [-0.1, -0.05) is 12.1 Å². The predicted octanol–water partition coefficient (Wildman–Crippen LogP) is 2.78. The molecule has 0 radical (unpaired) electrons. The zero-order valence-corrected chi connectivity index (χ0v) is 13.2. The Bertz CT molecular complexity index is 650. The van der Waals surface area contributed by atoms with Crippen LogP contribution in [0.3, 0.4) is 0 Å². The second kappa shape index (κ2) is 8.26. The lowest BCUT2D eigenvalue weighted by Crippen LogP contribution is -2.29. The number of aliphatic hydroxyl groups excluding tert-OH is 2. The molecule has 0 spiro atoms. The van der Waals surface area contributed by atoms with Crippen molar-refractivity contribution in [3.63, 3.8) is 0 Å². The summed E-state index contributed by atoms with van der Waals surface area (Å²) in [5.41, 5.74) is 9.60. The summed E-state index contributed by atoms with van der Waals surface area (Å²) in [6.07, 6.45) is 0. The fourth-order valence-corrected chi connectivity index (χ4v) is 2.27. The summed E-state index contributed by atoms with van der Waals surface area (Å²) in [6.45, 7) is 2.81. The first kappa shape index (κ1) is 16.9. The predicted molar refractivity (Wildman–Crippen MR) is 92.6 cm³/mol. The molecule has 23 heavy (non-hydrogen) atoms. The van der Waals surface area contributed by atoms with Crippen LogP contribution in [0.5, 0.6) is 0 Å². The fourth-order valence-electron chi connectivity index (χ4n) is 2.27. The van der Waals surface area contributed by atoms with Crippen LogP contribution in [0.25, 0.3) is 0 Å². The molecule has 0 aliphatic rings. The van der Waals surface area contributed by atoms with Crippen LogP contribution in [0.15, 0.2) is 52.7 Å². The molecule has 0 unspecified atom stereocenters. The highest BCUT2D eigenvalue weighted by atomic mass is 16.3. The van der Waals surface area contributed by atoms with Gasteiger partial charge in [-0.05, 0) is 42.8 Å². The Morgan fingerprint density at radius 1 is 0.957 bits per heavy atom. The van der Waals surface area contributed by atoms with Gasteiger partial charge in [0.1, 0.15) is 5.69 Å². The van der Waals surface area contributed by atoms with E-state index in [0.717, 1.165) is 16.9 Å². The Kier molecular flexibility index (Phi) is 6.08. The van der Waals surface area contributed by atoms with Crippen molar-refractivity contribution in [1.29, 1.82) is 0 Å². The lowest BCUT2D eigenvalue weighted by atomic mass is 10.1. The number of anilines is 2. The molecule has 0 saturated heterocycles. The minimum atomic E-state index is 0.00247. The number of hydrogen-bond acceptors (Lipinski definition) is 6. The van der Waals surface area contributed by atoms with Crippen molar-refractivity contribution in [1.82, 2.24) is 0 Å². The molecule has 2 aromatic carbocycles. The molecule has 122 valence electrons. The molecule has 0 saturated carbocycles. The zero-order chi connectivity index (χ0) is 16.7. The molecule has 6 nitrogen and oxygen atoms in total. The van der Waals surface area contributed by atoms with Gasteiger partial charge in [0.05, 0.1) is 24.6 Å². The minimum Gasteiger partial charge on any atom is -0.399 e. The average Bonchev–Trinajstić information content (AvgIpc) is 2.55. The van der Waals surface area contributed by atoms with Gasteiger partial charge in [-0.25, -0.2) is 0 Å². The van der Waals surface area contributed by atoms with Crippen LogP contribution in [0.4, 0.5) is 22.7 Å². The Morgan fingerprint density at radius 2 is 1.61 bits per heavy atom. The third kappa shape index (κ3) is 4.51. The first-order valence-electron chi connectivity index (χ1n) is 7.49. The van der Waals surface area contributed by atoms with E-state index < -0.39 is 0 Å². The standard InChI is InChI=1S/C17H22N4O2/c1-13-3-2-4-16(21(9-11-22)10-12-23)17(13)20-19-15-7-5-14(18)6-8-15/h2-8,22-23H,9-12,18H2,1H3. The summed E-state index contributed by atoms with van der Waals surface area (Å²) in [5, 5.41) is 27.1. The molecular weight excluding hydrogens is 292 g/mol. The van der Waals surface area contributed by atoms with Gasteiger partial charge in [-0.15, -0.1) is 5.11 Å². The van der Waals surface area contributed by atoms with Crippen molar-refractivity contribution < 1.29 is 10.2 Å². The van der Waals surface area contributed by atoms with Gasteiger partial charge >= 0.3 is 0 Å². The van der Waals surface area contributed by atoms with Gasteiger partial charge in [-0.2, -0.15) is 5.11 Å². The molecule has 2 aromatic rings. The van der Waals surface area contributed by atoms with E-state index >= 15 is 0 Å². The van der Waals surface area contributed by atoms with E-state index in [1.54, 1.807) is 24.3 Å². The third-order valence-electron chi connectivity index (χ3n) is 3.46. The maximum atomic E-state index is 9.23. The van der Waals surface area contributed by atoms with E-state index in [9.17, 15) is 10.2 Å². The van der Waals surface area contributed by atoms with Gasteiger partial charge in [0, 0.05) is 18.8 Å². The lowest BCUT2D eigenvalue weighted by Gasteiger charge is -2.24. The van der Waals surface area contributed by atoms with Crippen LogP contribution >= 0.6 is 0 Å². The number of benzene rings is 2. The van der Waals surface area contributed by atoms with Crippen molar-refractivity contribution in [2.45, 2.75) is 6.92 Å². The SMILES string of the molecule is Cc1cccc(N(CCO)CCO)c1N=Nc1ccc(N)cc1. The summed E-state index contributed by atoms with van der Waals surface area (Å²) in [5.74, 6) is 0. The maximum Gasteiger partial charge on any atom is 0.112 e. The average molecular weight is 314 g/mol. The van der Waals surface area contributed by atoms with E-state index in [4.69, 9.17) is 5.73 Å². The van der Waals surface area contributed by atoms with Crippen molar-refractivity contribution in [2.24, 2.45) is 10.2 Å². The summed E-state index contributed by atoms with van der Waals surface area (Å²) >= 11 is 0. The summed E-state index contributed by atoms with van der Waals surface area (Å²) in [6, 6.07) is 12.9. The maximum absolute atomic E-state index is 9.23. The molecule has 0 amide bonds. The molecule has 2 rings (SSSR count). The minimum absolute atomic E-state index is 0.00247. The van der Waals surface area contributed by atoms with Gasteiger partial charge in [-0.3, -0.25) is 0 Å². The van der Waals surface area contributed by atoms with Crippen molar-refractivity contribution in [2.75, 3.05) is 36.9 Å². The summed E-state index contributed by atoms with van der Waals surface area (Å²) < 4.78 is 0. The van der Waals surface area contributed by atoms with E-state index in [1.807, 2.05) is 30.0 Å². The van der Waals surface area contributed by atoms with Gasteiger partial charge in [0.2, 0.25) is 0 Å². The number of aliphatic hydroxyl groups is 2. The topological polar surface area (TPSA) is 94.4 Å². The first-order chi connectivity index (χ1) is 11.2. The molecule has 0 bridgehead atoms.